The lowest BCUT2D eigenvalue weighted by atomic mass is 9.65. The molecule has 0 aromatic heterocycles. The number of fused-ring (bicyclic) bond motifs is 6. The van der Waals surface area contributed by atoms with Crippen molar-refractivity contribution in [2.24, 2.45) is 5.92 Å². The van der Waals surface area contributed by atoms with Gasteiger partial charge in [-0.1, -0.05) is 32.0 Å². The summed E-state index contributed by atoms with van der Waals surface area (Å²) in [7, 11) is 0. The molecular formula is C19H25NO4. The molecule has 5 heteroatoms. The van der Waals surface area contributed by atoms with E-state index in [-0.39, 0.29) is 36.1 Å². The van der Waals surface area contributed by atoms with E-state index in [0.717, 1.165) is 0 Å². The standard InChI is InChI=1S/C19H25NO4/c1-18(2)10-7-5-6-8-12(10)20-13-11(18)9-21-15-14(13)22-17-16(15)23-19(3,4)24-17/h5-8,11,13-17,20H,9H2,1-4H3/t11-,13+,14+,15-,16+,17+/m0/s1. The lowest BCUT2D eigenvalue weighted by Crippen LogP contribution is -2.61. The van der Waals surface area contributed by atoms with Gasteiger partial charge in [0.1, 0.15) is 18.3 Å². The largest absolute Gasteiger partial charge is 0.379 e. The monoisotopic (exact) mass is 331 g/mol. The Kier molecular flexibility index (Phi) is 2.98. The van der Waals surface area contributed by atoms with E-state index in [4.69, 9.17) is 18.9 Å². The number of rotatable bonds is 0. The number of anilines is 1. The fourth-order valence-electron chi connectivity index (χ4n) is 4.92. The normalized spacial score (nSPS) is 44.0. The van der Waals surface area contributed by atoms with Crippen molar-refractivity contribution < 1.29 is 18.9 Å². The Morgan fingerprint density at radius 1 is 1.00 bits per heavy atom. The van der Waals surface area contributed by atoms with Crippen molar-refractivity contribution in [3.05, 3.63) is 29.8 Å². The zero-order valence-corrected chi connectivity index (χ0v) is 14.6. The van der Waals surface area contributed by atoms with E-state index in [9.17, 15) is 0 Å². The summed E-state index contributed by atoms with van der Waals surface area (Å²) in [6, 6.07) is 8.76. The molecule has 0 aliphatic carbocycles. The smallest absolute Gasteiger partial charge is 0.190 e. The molecule has 3 fully saturated rings. The van der Waals surface area contributed by atoms with Gasteiger partial charge in [-0.2, -0.15) is 0 Å². The fourth-order valence-corrected chi connectivity index (χ4v) is 4.92. The van der Waals surface area contributed by atoms with Crippen LogP contribution in [-0.2, 0) is 24.4 Å². The minimum absolute atomic E-state index is 0.0273. The van der Waals surface area contributed by atoms with E-state index in [1.54, 1.807) is 0 Å². The molecule has 24 heavy (non-hydrogen) atoms. The van der Waals surface area contributed by atoms with Gasteiger partial charge in [-0.3, -0.25) is 0 Å². The predicted octanol–water partition coefficient (Wildman–Crippen LogP) is 2.65. The van der Waals surface area contributed by atoms with Crippen molar-refractivity contribution in [3.8, 4) is 0 Å². The van der Waals surface area contributed by atoms with Crippen molar-refractivity contribution in [1.29, 1.82) is 0 Å². The van der Waals surface area contributed by atoms with Crippen LogP contribution in [0.15, 0.2) is 24.3 Å². The highest BCUT2D eigenvalue weighted by atomic mass is 16.8. The summed E-state index contributed by atoms with van der Waals surface area (Å²) in [5.41, 5.74) is 2.58. The third-order valence-electron chi connectivity index (χ3n) is 6.15. The van der Waals surface area contributed by atoms with Gasteiger partial charge in [0, 0.05) is 11.6 Å². The van der Waals surface area contributed by atoms with Crippen LogP contribution >= 0.6 is 0 Å². The Morgan fingerprint density at radius 2 is 1.79 bits per heavy atom. The maximum atomic E-state index is 6.27. The zero-order chi connectivity index (χ0) is 16.7. The molecule has 4 heterocycles. The van der Waals surface area contributed by atoms with Crippen LogP contribution in [0.2, 0.25) is 0 Å². The maximum Gasteiger partial charge on any atom is 0.190 e. The van der Waals surface area contributed by atoms with E-state index in [2.05, 4.69) is 43.4 Å². The van der Waals surface area contributed by atoms with Gasteiger partial charge < -0.3 is 24.3 Å². The van der Waals surface area contributed by atoms with E-state index in [1.807, 2.05) is 13.8 Å². The minimum Gasteiger partial charge on any atom is -0.379 e. The van der Waals surface area contributed by atoms with Crippen LogP contribution in [-0.4, -0.2) is 43.0 Å². The topological polar surface area (TPSA) is 49.0 Å². The molecule has 4 aliphatic rings. The average molecular weight is 331 g/mol. The van der Waals surface area contributed by atoms with Gasteiger partial charge in [-0.15, -0.1) is 0 Å². The molecule has 0 saturated carbocycles. The summed E-state index contributed by atoms with van der Waals surface area (Å²) in [6.45, 7) is 9.16. The molecule has 1 aromatic rings. The summed E-state index contributed by atoms with van der Waals surface area (Å²) in [4.78, 5) is 0. The van der Waals surface area contributed by atoms with Crippen molar-refractivity contribution >= 4 is 5.69 Å². The Labute approximate surface area is 142 Å². The van der Waals surface area contributed by atoms with Gasteiger partial charge >= 0.3 is 0 Å². The van der Waals surface area contributed by atoms with Gasteiger partial charge in [0.2, 0.25) is 0 Å². The molecule has 4 aliphatic heterocycles. The highest BCUT2D eigenvalue weighted by Gasteiger charge is 2.62. The van der Waals surface area contributed by atoms with Crippen LogP contribution in [0.4, 0.5) is 5.69 Å². The lowest BCUT2D eigenvalue weighted by molar-refractivity contribution is -0.232. The second kappa shape index (κ2) is 4.73. The van der Waals surface area contributed by atoms with Gasteiger partial charge in [0.05, 0.1) is 12.6 Å². The lowest BCUT2D eigenvalue weighted by Gasteiger charge is -2.51. The second-order valence-electron chi connectivity index (χ2n) is 8.41. The number of para-hydroxylation sites is 1. The SMILES string of the molecule is CC1(C)O[C@H]2O[C@@H]3[C@@H]4Nc5ccccc5C(C)(C)[C@H]4CO[C@@H]3[C@H]2O1. The van der Waals surface area contributed by atoms with Crippen molar-refractivity contribution in [2.75, 3.05) is 11.9 Å². The quantitative estimate of drug-likeness (QED) is 0.792. The van der Waals surface area contributed by atoms with E-state index in [0.29, 0.717) is 12.5 Å². The Hall–Kier alpha value is -1.14. The van der Waals surface area contributed by atoms with Crippen LogP contribution in [0, 0.1) is 5.92 Å². The fraction of sp³-hybridized carbons (Fsp3) is 0.684. The van der Waals surface area contributed by atoms with Gasteiger partial charge in [-0.25, -0.2) is 0 Å². The number of hydrogen-bond acceptors (Lipinski definition) is 5. The summed E-state index contributed by atoms with van der Waals surface area (Å²) >= 11 is 0. The van der Waals surface area contributed by atoms with E-state index >= 15 is 0 Å². The van der Waals surface area contributed by atoms with Crippen LogP contribution in [0.25, 0.3) is 0 Å². The van der Waals surface area contributed by atoms with Crippen molar-refractivity contribution in [2.45, 2.75) is 69.5 Å². The highest BCUT2D eigenvalue weighted by Crippen LogP contribution is 2.50. The van der Waals surface area contributed by atoms with Crippen LogP contribution in [0.3, 0.4) is 0 Å². The maximum absolute atomic E-state index is 6.27. The third kappa shape index (κ3) is 1.96. The molecule has 0 bridgehead atoms. The average Bonchev–Trinajstić information content (AvgIpc) is 2.99. The van der Waals surface area contributed by atoms with Crippen LogP contribution in [0.5, 0.6) is 0 Å². The predicted molar refractivity (Wildman–Crippen MR) is 88.8 cm³/mol. The summed E-state index contributed by atoms with van der Waals surface area (Å²) in [6.07, 6.45) is -0.613. The molecular weight excluding hydrogens is 306 g/mol. The van der Waals surface area contributed by atoms with E-state index in [1.165, 1.54) is 11.3 Å². The Balaban J connectivity index is 1.49. The molecule has 0 spiro atoms. The molecule has 0 radical (unpaired) electrons. The third-order valence-corrected chi connectivity index (χ3v) is 6.15. The second-order valence-corrected chi connectivity index (χ2v) is 8.41. The molecule has 6 atom stereocenters. The first kappa shape index (κ1) is 15.1. The molecule has 0 amide bonds. The summed E-state index contributed by atoms with van der Waals surface area (Å²) < 4.78 is 24.5. The first-order valence-electron chi connectivity index (χ1n) is 8.86. The number of nitrogens with one attached hydrogen (secondary N) is 1. The van der Waals surface area contributed by atoms with Gasteiger partial charge in [0.15, 0.2) is 12.1 Å². The molecule has 1 N–H and O–H groups in total. The molecule has 0 unspecified atom stereocenters. The highest BCUT2D eigenvalue weighted by molar-refractivity contribution is 5.58. The molecule has 130 valence electrons. The number of hydrogen-bond donors (Lipinski definition) is 1. The van der Waals surface area contributed by atoms with Gasteiger partial charge in [0.25, 0.3) is 0 Å². The minimum atomic E-state index is -0.605. The first-order valence-corrected chi connectivity index (χ1v) is 8.86. The number of benzene rings is 1. The molecule has 1 aromatic carbocycles. The molecule has 5 nitrogen and oxygen atoms in total. The molecule has 5 rings (SSSR count). The molecule has 3 saturated heterocycles. The van der Waals surface area contributed by atoms with E-state index < -0.39 is 5.79 Å². The van der Waals surface area contributed by atoms with Crippen LogP contribution < -0.4 is 5.32 Å². The number of ether oxygens (including phenoxy) is 4. The van der Waals surface area contributed by atoms with Crippen molar-refractivity contribution in [1.82, 2.24) is 0 Å². The zero-order valence-electron chi connectivity index (χ0n) is 14.6. The van der Waals surface area contributed by atoms with Gasteiger partial charge in [-0.05, 0) is 30.9 Å². The van der Waals surface area contributed by atoms with Crippen LogP contribution in [0.1, 0.15) is 33.3 Å². The Bertz CT molecular complexity index is 673. The summed E-state index contributed by atoms with van der Waals surface area (Å²) in [5, 5.41) is 3.72. The first-order chi connectivity index (χ1) is 11.4. The Morgan fingerprint density at radius 3 is 2.62 bits per heavy atom. The summed E-state index contributed by atoms with van der Waals surface area (Å²) in [5.74, 6) is -0.257. The van der Waals surface area contributed by atoms with Crippen molar-refractivity contribution in [3.63, 3.8) is 0 Å².